The van der Waals surface area contributed by atoms with E-state index in [0.29, 0.717) is 22.7 Å². The molecule has 0 heterocycles. The maximum Gasteiger partial charge on any atom is 0.227 e. The van der Waals surface area contributed by atoms with Crippen LogP contribution >= 0.6 is 0 Å². The van der Waals surface area contributed by atoms with E-state index in [-0.39, 0.29) is 24.8 Å². The average molecular weight is 288 g/mol. The van der Waals surface area contributed by atoms with Crippen LogP contribution in [-0.2, 0) is 4.79 Å². The van der Waals surface area contributed by atoms with Gasteiger partial charge in [0.25, 0.3) is 0 Å². The van der Waals surface area contributed by atoms with Gasteiger partial charge in [0.15, 0.2) is 0 Å². The molecule has 0 saturated heterocycles. The standard InChI is InChI=1S/C16H17FN2O2/c1-11-9-12(17)5-6-15(11)19-16(20)7-8-21-14-4-2-3-13(18)10-14/h2-6,9-10H,7-8,18H2,1H3,(H,19,20). The molecule has 0 unspecified atom stereocenters. The number of ether oxygens (including phenoxy) is 1. The second-order valence-corrected chi connectivity index (χ2v) is 4.68. The summed E-state index contributed by atoms with van der Waals surface area (Å²) in [6.45, 7) is 1.98. The fourth-order valence-corrected chi connectivity index (χ4v) is 1.85. The van der Waals surface area contributed by atoms with Crippen molar-refractivity contribution in [2.75, 3.05) is 17.7 Å². The molecule has 2 aromatic carbocycles. The van der Waals surface area contributed by atoms with E-state index in [1.165, 1.54) is 12.1 Å². The third-order valence-corrected chi connectivity index (χ3v) is 2.92. The lowest BCUT2D eigenvalue weighted by molar-refractivity contribution is -0.116. The predicted octanol–water partition coefficient (Wildman–Crippen LogP) is 3.12. The first kappa shape index (κ1) is 14.8. The molecule has 2 rings (SSSR count). The monoisotopic (exact) mass is 288 g/mol. The third-order valence-electron chi connectivity index (χ3n) is 2.92. The molecule has 0 spiro atoms. The van der Waals surface area contributed by atoms with E-state index in [9.17, 15) is 9.18 Å². The molecule has 0 radical (unpaired) electrons. The van der Waals surface area contributed by atoms with Gasteiger partial charge in [-0.15, -0.1) is 0 Å². The molecule has 21 heavy (non-hydrogen) atoms. The Labute approximate surface area is 122 Å². The van der Waals surface area contributed by atoms with Gasteiger partial charge < -0.3 is 15.8 Å². The molecule has 5 heteroatoms. The molecule has 0 saturated carbocycles. The summed E-state index contributed by atoms with van der Waals surface area (Å²) in [5, 5.41) is 2.72. The first-order valence-corrected chi connectivity index (χ1v) is 6.59. The second kappa shape index (κ2) is 6.74. The van der Waals surface area contributed by atoms with E-state index in [4.69, 9.17) is 10.5 Å². The number of carbonyl (C=O) groups is 1. The summed E-state index contributed by atoms with van der Waals surface area (Å²) in [6.07, 6.45) is 0.200. The highest BCUT2D eigenvalue weighted by Crippen LogP contribution is 2.17. The summed E-state index contributed by atoms with van der Waals surface area (Å²) < 4.78 is 18.4. The number of nitrogens with two attached hydrogens (primary N) is 1. The topological polar surface area (TPSA) is 64.3 Å². The van der Waals surface area contributed by atoms with Crippen LogP contribution in [0.5, 0.6) is 5.75 Å². The van der Waals surface area contributed by atoms with Crippen molar-refractivity contribution in [2.24, 2.45) is 0 Å². The number of rotatable bonds is 5. The smallest absolute Gasteiger partial charge is 0.227 e. The minimum Gasteiger partial charge on any atom is -0.493 e. The Hall–Kier alpha value is -2.56. The van der Waals surface area contributed by atoms with Crippen LogP contribution in [0.15, 0.2) is 42.5 Å². The molecule has 110 valence electrons. The lowest BCUT2D eigenvalue weighted by Crippen LogP contribution is -2.15. The van der Waals surface area contributed by atoms with Crippen molar-refractivity contribution in [1.82, 2.24) is 0 Å². The zero-order valence-corrected chi connectivity index (χ0v) is 11.7. The first-order chi connectivity index (χ1) is 10.0. The summed E-state index contributed by atoms with van der Waals surface area (Å²) in [7, 11) is 0. The molecule has 0 aliphatic carbocycles. The van der Waals surface area contributed by atoms with E-state index in [1.807, 2.05) is 0 Å². The van der Waals surface area contributed by atoms with E-state index < -0.39 is 0 Å². The lowest BCUT2D eigenvalue weighted by Gasteiger charge is -2.09. The van der Waals surface area contributed by atoms with Crippen molar-refractivity contribution in [1.29, 1.82) is 0 Å². The van der Waals surface area contributed by atoms with Gasteiger partial charge in [0.2, 0.25) is 5.91 Å². The summed E-state index contributed by atoms with van der Waals surface area (Å²) >= 11 is 0. The van der Waals surface area contributed by atoms with Crippen LogP contribution in [0.2, 0.25) is 0 Å². The number of nitrogen functional groups attached to an aromatic ring is 1. The fourth-order valence-electron chi connectivity index (χ4n) is 1.85. The summed E-state index contributed by atoms with van der Waals surface area (Å²) in [6, 6.07) is 11.2. The largest absolute Gasteiger partial charge is 0.493 e. The number of halogens is 1. The summed E-state index contributed by atoms with van der Waals surface area (Å²) in [5.74, 6) is 0.116. The second-order valence-electron chi connectivity index (χ2n) is 4.68. The van der Waals surface area contributed by atoms with Crippen molar-refractivity contribution < 1.29 is 13.9 Å². The average Bonchev–Trinajstić information content (AvgIpc) is 2.42. The Morgan fingerprint density at radius 3 is 2.81 bits per heavy atom. The minimum absolute atomic E-state index is 0.186. The lowest BCUT2D eigenvalue weighted by atomic mass is 10.2. The van der Waals surface area contributed by atoms with Crippen molar-refractivity contribution in [2.45, 2.75) is 13.3 Å². The minimum atomic E-state index is -0.324. The van der Waals surface area contributed by atoms with Crippen molar-refractivity contribution in [3.63, 3.8) is 0 Å². The van der Waals surface area contributed by atoms with Crippen LogP contribution in [0.1, 0.15) is 12.0 Å². The fraction of sp³-hybridized carbons (Fsp3) is 0.188. The molecular weight excluding hydrogens is 271 g/mol. The number of hydrogen-bond donors (Lipinski definition) is 2. The normalized spacial score (nSPS) is 10.2. The zero-order valence-electron chi connectivity index (χ0n) is 11.7. The predicted molar refractivity (Wildman–Crippen MR) is 80.7 cm³/mol. The Morgan fingerprint density at radius 1 is 1.29 bits per heavy atom. The van der Waals surface area contributed by atoms with Crippen LogP contribution < -0.4 is 15.8 Å². The highest BCUT2D eigenvalue weighted by atomic mass is 19.1. The molecule has 0 bridgehead atoms. The molecule has 0 atom stereocenters. The van der Waals surface area contributed by atoms with Gasteiger partial charge in [-0.1, -0.05) is 6.07 Å². The maximum absolute atomic E-state index is 13.0. The number of nitrogens with one attached hydrogen (secondary N) is 1. The Balaban J connectivity index is 1.82. The number of hydrogen-bond acceptors (Lipinski definition) is 3. The molecule has 3 N–H and O–H groups in total. The quantitative estimate of drug-likeness (QED) is 0.831. The van der Waals surface area contributed by atoms with Crippen molar-refractivity contribution in [3.8, 4) is 5.75 Å². The molecule has 0 fully saturated rings. The van der Waals surface area contributed by atoms with Gasteiger partial charge >= 0.3 is 0 Å². The number of aryl methyl sites for hydroxylation is 1. The number of anilines is 2. The highest BCUT2D eigenvalue weighted by Gasteiger charge is 2.06. The van der Waals surface area contributed by atoms with Crippen LogP contribution in [0.4, 0.5) is 15.8 Å². The summed E-state index contributed by atoms with van der Waals surface area (Å²) in [5.41, 5.74) is 7.52. The van der Waals surface area contributed by atoms with Gasteiger partial charge in [-0.25, -0.2) is 4.39 Å². The van der Waals surface area contributed by atoms with E-state index >= 15 is 0 Å². The number of amides is 1. The molecule has 0 aromatic heterocycles. The van der Waals surface area contributed by atoms with Gasteiger partial charge in [0.05, 0.1) is 13.0 Å². The van der Waals surface area contributed by atoms with Gasteiger partial charge in [-0.2, -0.15) is 0 Å². The van der Waals surface area contributed by atoms with Crippen LogP contribution in [-0.4, -0.2) is 12.5 Å². The molecule has 4 nitrogen and oxygen atoms in total. The maximum atomic E-state index is 13.0. The van der Waals surface area contributed by atoms with Crippen LogP contribution in [0, 0.1) is 12.7 Å². The van der Waals surface area contributed by atoms with E-state index in [0.717, 1.165) is 0 Å². The number of benzene rings is 2. The molecule has 0 aliphatic rings. The van der Waals surface area contributed by atoms with E-state index in [2.05, 4.69) is 5.32 Å². The van der Waals surface area contributed by atoms with Crippen molar-refractivity contribution >= 4 is 17.3 Å². The van der Waals surface area contributed by atoms with Crippen LogP contribution in [0.25, 0.3) is 0 Å². The molecular formula is C16H17FN2O2. The first-order valence-electron chi connectivity index (χ1n) is 6.59. The van der Waals surface area contributed by atoms with E-state index in [1.54, 1.807) is 37.3 Å². The SMILES string of the molecule is Cc1cc(F)ccc1NC(=O)CCOc1cccc(N)c1. The van der Waals surface area contributed by atoms with Gasteiger partial charge in [-0.05, 0) is 42.8 Å². The summed E-state index contributed by atoms with van der Waals surface area (Å²) in [4.78, 5) is 11.8. The van der Waals surface area contributed by atoms with Gasteiger partial charge in [-0.3, -0.25) is 4.79 Å². The van der Waals surface area contributed by atoms with Gasteiger partial charge in [0.1, 0.15) is 11.6 Å². The van der Waals surface area contributed by atoms with Gasteiger partial charge in [0, 0.05) is 17.4 Å². The molecule has 2 aromatic rings. The number of carbonyl (C=O) groups excluding carboxylic acids is 1. The highest BCUT2D eigenvalue weighted by molar-refractivity contribution is 5.91. The molecule has 0 aliphatic heterocycles. The molecule has 1 amide bonds. The Kier molecular flexibility index (Phi) is 4.77. The van der Waals surface area contributed by atoms with Crippen LogP contribution in [0.3, 0.4) is 0 Å². The third kappa shape index (κ3) is 4.49. The van der Waals surface area contributed by atoms with Crippen molar-refractivity contribution in [3.05, 3.63) is 53.8 Å². The Morgan fingerprint density at radius 2 is 2.10 bits per heavy atom. The Bertz CT molecular complexity index is 644. The zero-order chi connectivity index (χ0) is 15.2.